The highest BCUT2D eigenvalue weighted by atomic mass is 32.2. The molecule has 33 heavy (non-hydrogen) atoms. The van der Waals surface area contributed by atoms with Gasteiger partial charge in [-0.2, -0.15) is 0 Å². The molecule has 0 fully saturated rings. The van der Waals surface area contributed by atoms with Crippen LogP contribution in [0.15, 0.2) is 53.7 Å². The SMILES string of the molecule is COc1ccc(C(=O)NNC(=O)c2ccc(CSc3nc(C)cc(C)n3)cc2)cc1[N+](=O)[O-]. The number of carbonyl (C=O) groups excluding carboxylic acids is 2. The molecule has 2 amide bonds. The van der Waals surface area contributed by atoms with E-state index in [1.807, 2.05) is 19.9 Å². The number of nitrogens with one attached hydrogen (secondary N) is 2. The van der Waals surface area contributed by atoms with Gasteiger partial charge >= 0.3 is 5.69 Å². The summed E-state index contributed by atoms with van der Waals surface area (Å²) in [5.41, 5.74) is 7.33. The van der Waals surface area contributed by atoms with Crippen molar-refractivity contribution >= 4 is 29.3 Å². The molecule has 1 aromatic heterocycles. The van der Waals surface area contributed by atoms with Crippen LogP contribution >= 0.6 is 11.8 Å². The number of carbonyl (C=O) groups is 2. The van der Waals surface area contributed by atoms with E-state index < -0.39 is 16.7 Å². The van der Waals surface area contributed by atoms with Gasteiger partial charge in [-0.15, -0.1) is 0 Å². The molecule has 2 aromatic carbocycles. The lowest BCUT2D eigenvalue weighted by Gasteiger charge is -2.09. The lowest BCUT2D eigenvalue weighted by Crippen LogP contribution is -2.41. The number of amides is 2. The molecule has 0 saturated heterocycles. The summed E-state index contributed by atoms with van der Waals surface area (Å²) >= 11 is 1.50. The van der Waals surface area contributed by atoms with E-state index >= 15 is 0 Å². The number of hydrogen-bond donors (Lipinski definition) is 2. The predicted molar refractivity (Wildman–Crippen MR) is 122 cm³/mol. The van der Waals surface area contributed by atoms with Crippen LogP contribution in [0.25, 0.3) is 0 Å². The first kappa shape index (κ1) is 23.7. The number of thioether (sulfide) groups is 1. The number of rotatable bonds is 7. The molecule has 0 aliphatic carbocycles. The van der Waals surface area contributed by atoms with E-state index in [2.05, 4.69) is 20.8 Å². The molecular formula is C22H21N5O5S. The van der Waals surface area contributed by atoms with Gasteiger partial charge in [0.1, 0.15) is 0 Å². The van der Waals surface area contributed by atoms with Gasteiger partial charge < -0.3 is 4.74 Å². The predicted octanol–water partition coefficient (Wildman–Crippen LogP) is 3.38. The van der Waals surface area contributed by atoms with Crippen molar-refractivity contribution in [2.45, 2.75) is 24.8 Å². The Morgan fingerprint density at radius 2 is 1.55 bits per heavy atom. The van der Waals surface area contributed by atoms with Crippen LogP contribution in [0.4, 0.5) is 5.69 Å². The van der Waals surface area contributed by atoms with Crippen LogP contribution in [0.1, 0.15) is 37.7 Å². The number of nitrogens with zero attached hydrogens (tertiary/aromatic N) is 3. The van der Waals surface area contributed by atoms with E-state index in [1.54, 1.807) is 24.3 Å². The quantitative estimate of drug-likeness (QED) is 0.234. The first-order chi connectivity index (χ1) is 15.8. The summed E-state index contributed by atoms with van der Waals surface area (Å²) < 4.78 is 4.91. The van der Waals surface area contributed by atoms with Gasteiger partial charge in [0, 0.05) is 34.3 Å². The van der Waals surface area contributed by atoms with E-state index in [0.29, 0.717) is 16.5 Å². The van der Waals surface area contributed by atoms with Gasteiger partial charge in [0.15, 0.2) is 10.9 Å². The van der Waals surface area contributed by atoms with Gasteiger partial charge in [-0.25, -0.2) is 9.97 Å². The lowest BCUT2D eigenvalue weighted by atomic mass is 10.1. The van der Waals surface area contributed by atoms with E-state index in [9.17, 15) is 19.7 Å². The zero-order valence-corrected chi connectivity index (χ0v) is 18.9. The number of aromatic nitrogens is 2. The van der Waals surface area contributed by atoms with Gasteiger partial charge in [0.2, 0.25) is 0 Å². The second kappa shape index (κ2) is 10.6. The summed E-state index contributed by atoms with van der Waals surface area (Å²) in [4.78, 5) is 43.8. The molecule has 3 aromatic rings. The van der Waals surface area contributed by atoms with Gasteiger partial charge in [-0.1, -0.05) is 23.9 Å². The van der Waals surface area contributed by atoms with Crippen LogP contribution < -0.4 is 15.6 Å². The third-order valence-corrected chi connectivity index (χ3v) is 5.39. The summed E-state index contributed by atoms with van der Waals surface area (Å²) in [5.74, 6) is -0.556. The standard InChI is InChI=1S/C22H21N5O5S/c1-13-10-14(2)24-22(23-13)33-12-15-4-6-16(7-5-15)20(28)25-26-21(29)17-8-9-19(32-3)18(11-17)27(30)31/h4-11H,12H2,1-3H3,(H,25,28)(H,26,29). The summed E-state index contributed by atoms with van der Waals surface area (Å²) in [6, 6.07) is 12.5. The summed E-state index contributed by atoms with van der Waals surface area (Å²) in [5, 5.41) is 11.8. The zero-order valence-electron chi connectivity index (χ0n) is 18.1. The van der Waals surface area contributed by atoms with Crippen LogP contribution in [-0.4, -0.2) is 33.8 Å². The molecule has 3 rings (SSSR count). The Labute approximate surface area is 193 Å². The fourth-order valence-electron chi connectivity index (χ4n) is 2.89. The van der Waals surface area contributed by atoms with Gasteiger partial charge in [-0.3, -0.25) is 30.6 Å². The maximum Gasteiger partial charge on any atom is 0.311 e. The minimum atomic E-state index is -0.699. The van der Waals surface area contributed by atoms with Crippen LogP contribution in [0.3, 0.4) is 0 Å². The molecule has 2 N–H and O–H groups in total. The first-order valence-corrected chi connectivity index (χ1v) is 10.7. The molecule has 11 heteroatoms. The van der Waals surface area contributed by atoms with Crippen molar-refractivity contribution in [1.82, 2.24) is 20.8 Å². The second-order valence-corrected chi connectivity index (χ2v) is 7.91. The molecule has 0 unspecified atom stereocenters. The number of methoxy groups -OCH3 is 1. The number of hydrazine groups is 1. The van der Waals surface area contributed by atoms with Crippen LogP contribution in [0, 0.1) is 24.0 Å². The highest BCUT2D eigenvalue weighted by molar-refractivity contribution is 7.98. The highest BCUT2D eigenvalue weighted by Crippen LogP contribution is 2.27. The number of aryl methyl sites for hydroxylation is 2. The molecule has 10 nitrogen and oxygen atoms in total. The highest BCUT2D eigenvalue weighted by Gasteiger charge is 2.18. The van der Waals surface area contributed by atoms with Crippen LogP contribution in [-0.2, 0) is 5.75 Å². The largest absolute Gasteiger partial charge is 0.490 e. The normalized spacial score (nSPS) is 10.4. The second-order valence-electron chi connectivity index (χ2n) is 6.97. The van der Waals surface area contributed by atoms with Gasteiger partial charge in [0.05, 0.1) is 12.0 Å². The summed E-state index contributed by atoms with van der Waals surface area (Å²) in [6.07, 6.45) is 0. The van der Waals surface area contributed by atoms with Crippen molar-refractivity contribution in [1.29, 1.82) is 0 Å². The van der Waals surface area contributed by atoms with Gasteiger partial charge in [-0.05, 0) is 49.7 Å². The monoisotopic (exact) mass is 467 g/mol. The average Bonchev–Trinajstić information content (AvgIpc) is 2.80. The third-order valence-electron chi connectivity index (χ3n) is 4.47. The Morgan fingerprint density at radius 1 is 0.970 bits per heavy atom. The number of nitro groups is 1. The van der Waals surface area contributed by atoms with Crippen molar-refractivity contribution in [2.24, 2.45) is 0 Å². The fraction of sp³-hybridized carbons (Fsp3) is 0.182. The summed E-state index contributed by atoms with van der Waals surface area (Å²) in [7, 11) is 1.30. The number of benzene rings is 2. The third kappa shape index (κ3) is 6.26. The number of ether oxygens (including phenoxy) is 1. The van der Waals surface area contributed by atoms with Gasteiger partial charge in [0.25, 0.3) is 11.8 Å². The summed E-state index contributed by atoms with van der Waals surface area (Å²) in [6.45, 7) is 3.83. The van der Waals surface area contributed by atoms with Crippen molar-refractivity contribution < 1.29 is 19.2 Å². The maximum atomic E-state index is 12.3. The van der Waals surface area contributed by atoms with Crippen LogP contribution in [0.5, 0.6) is 5.75 Å². The Hall–Kier alpha value is -3.99. The van der Waals surface area contributed by atoms with E-state index in [-0.39, 0.29) is 17.0 Å². The van der Waals surface area contributed by atoms with Crippen molar-refractivity contribution in [3.8, 4) is 5.75 Å². The van der Waals surface area contributed by atoms with E-state index in [0.717, 1.165) is 23.0 Å². The molecule has 0 bridgehead atoms. The molecule has 0 spiro atoms. The fourth-order valence-corrected chi connectivity index (χ4v) is 3.80. The lowest BCUT2D eigenvalue weighted by molar-refractivity contribution is -0.385. The Balaban J connectivity index is 1.56. The number of hydrogen-bond acceptors (Lipinski definition) is 8. The molecule has 0 atom stereocenters. The Morgan fingerprint density at radius 3 is 2.12 bits per heavy atom. The van der Waals surface area contributed by atoms with Crippen LogP contribution in [0.2, 0.25) is 0 Å². The molecule has 170 valence electrons. The van der Waals surface area contributed by atoms with Crippen molar-refractivity contribution in [3.05, 3.63) is 86.7 Å². The average molecular weight is 468 g/mol. The topological polar surface area (TPSA) is 136 Å². The van der Waals surface area contributed by atoms with E-state index in [4.69, 9.17) is 4.74 Å². The Kier molecular flexibility index (Phi) is 7.57. The van der Waals surface area contributed by atoms with Crippen molar-refractivity contribution in [3.63, 3.8) is 0 Å². The molecule has 0 aliphatic heterocycles. The Bertz CT molecular complexity index is 1180. The molecule has 0 radical (unpaired) electrons. The molecule has 1 heterocycles. The smallest absolute Gasteiger partial charge is 0.311 e. The maximum absolute atomic E-state index is 12.3. The molecule has 0 saturated carbocycles. The minimum absolute atomic E-state index is 0.00350. The molecular weight excluding hydrogens is 446 g/mol. The molecule has 0 aliphatic rings. The van der Waals surface area contributed by atoms with E-state index in [1.165, 1.54) is 31.0 Å². The van der Waals surface area contributed by atoms with Crippen molar-refractivity contribution in [2.75, 3.05) is 7.11 Å². The minimum Gasteiger partial charge on any atom is -0.490 e. The number of nitro benzene ring substituents is 1. The first-order valence-electron chi connectivity index (χ1n) is 9.74. The zero-order chi connectivity index (χ0) is 24.0.